The second-order valence-electron chi connectivity index (χ2n) is 7.50. The summed E-state index contributed by atoms with van der Waals surface area (Å²) in [5, 5.41) is 7.88. The fraction of sp³-hybridized carbons (Fsp3) is 0.130. The van der Waals surface area contributed by atoms with Gasteiger partial charge in [-0.15, -0.1) is 0 Å². The summed E-state index contributed by atoms with van der Waals surface area (Å²) in [4.78, 5) is 21.2. The molecule has 0 aliphatic heterocycles. The largest absolute Gasteiger partial charge is 0.365 e. The highest BCUT2D eigenvalue weighted by Gasteiger charge is 2.23. The minimum Gasteiger partial charge on any atom is -0.365 e. The molecule has 0 unspecified atom stereocenters. The predicted molar refractivity (Wildman–Crippen MR) is 119 cm³/mol. The quantitative estimate of drug-likeness (QED) is 0.394. The Bertz CT molecular complexity index is 1360. The highest BCUT2D eigenvalue weighted by atomic mass is 15.2. The number of aromatic amines is 1. The highest BCUT2D eigenvalue weighted by molar-refractivity contribution is 5.96. The fourth-order valence-electron chi connectivity index (χ4n) is 3.64. The van der Waals surface area contributed by atoms with Crippen LogP contribution in [-0.2, 0) is 0 Å². The number of H-pyrrole nitrogens is 1. The Labute approximate surface area is 172 Å². The topological polar surface area (TPSA) is 91.4 Å². The lowest BCUT2D eigenvalue weighted by Crippen LogP contribution is -2.07. The van der Waals surface area contributed by atoms with E-state index in [0.717, 1.165) is 39.1 Å². The average Bonchev–Trinajstić information content (AvgIpc) is 3.47. The molecule has 7 heteroatoms. The van der Waals surface area contributed by atoms with Gasteiger partial charge in [-0.3, -0.25) is 4.98 Å². The van der Waals surface area contributed by atoms with E-state index in [0.29, 0.717) is 17.6 Å². The van der Waals surface area contributed by atoms with Gasteiger partial charge in [0.15, 0.2) is 11.5 Å². The zero-order chi connectivity index (χ0) is 19.9. The van der Waals surface area contributed by atoms with Gasteiger partial charge in [0.1, 0.15) is 5.52 Å². The molecule has 0 spiro atoms. The van der Waals surface area contributed by atoms with Crippen molar-refractivity contribution in [3.05, 3.63) is 67.1 Å². The molecule has 1 aliphatic rings. The van der Waals surface area contributed by atoms with Crippen LogP contribution >= 0.6 is 0 Å². The van der Waals surface area contributed by atoms with Gasteiger partial charge in [-0.25, -0.2) is 4.98 Å². The van der Waals surface area contributed by atoms with Crippen LogP contribution in [0.15, 0.2) is 67.1 Å². The van der Waals surface area contributed by atoms with Gasteiger partial charge in [0, 0.05) is 23.3 Å². The second-order valence-corrected chi connectivity index (χ2v) is 7.50. The average molecular weight is 393 g/mol. The molecule has 3 N–H and O–H groups in total. The molecule has 0 amide bonds. The van der Waals surface area contributed by atoms with E-state index in [-0.39, 0.29) is 0 Å². The van der Waals surface area contributed by atoms with Crippen molar-refractivity contribution in [3.63, 3.8) is 0 Å². The number of hydrogen-bond donors (Lipinski definition) is 3. The van der Waals surface area contributed by atoms with Crippen LogP contribution in [0.1, 0.15) is 12.8 Å². The first-order chi connectivity index (χ1) is 14.8. The van der Waals surface area contributed by atoms with Gasteiger partial charge in [-0.1, -0.05) is 30.3 Å². The molecule has 30 heavy (non-hydrogen) atoms. The molecule has 2 aromatic carbocycles. The molecule has 146 valence electrons. The number of imidazole rings is 1. The Morgan fingerprint density at radius 1 is 0.933 bits per heavy atom. The molecule has 3 aromatic heterocycles. The molecule has 6 rings (SSSR count). The van der Waals surface area contributed by atoms with E-state index >= 15 is 0 Å². The van der Waals surface area contributed by atoms with Crippen LogP contribution in [0.4, 0.5) is 17.5 Å². The van der Waals surface area contributed by atoms with Crippen LogP contribution in [0, 0.1) is 0 Å². The summed E-state index contributed by atoms with van der Waals surface area (Å²) in [6.07, 6.45) is 5.84. The van der Waals surface area contributed by atoms with Gasteiger partial charge in [0.2, 0.25) is 5.95 Å². The Kier molecular flexibility index (Phi) is 3.84. The fourth-order valence-corrected chi connectivity index (χ4v) is 3.64. The zero-order valence-electron chi connectivity index (χ0n) is 16.1. The summed E-state index contributed by atoms with van der Waals surface area (Å²) in [6, 6.07) is 19.0. The number of benzene rings is 2. The van der Waals surface area contributed by atoms with Crippen molar-refractivity contribution in [1.82, 2.24) is 24.9 Å². The second kappa shape index (κ2) is 6.81. The van der Waals surface area contributed by atoms with Crippen molar-refractivity contribution in [3.8, 4) is 11.1 Å². The third-order valence-electron chi connectivity index (χ3n) is 5.29. The van der Waals surface area contributed by atoms with Crippen molar-refractivity contribution in [2.45, 2.75) is 18.9 Å². The zero-order valence-corrected chi connectivity index (χ0v) is 16.1. The molecule has 0 saturated heterocycles. The Morgan fingerprint density at radius 2 is 1.83 bits per heavy atom. The number of nitrogens with zero attached hydrogens (tertiary/aromatic N) is 4. The number of aromatic nitrogens is 5. The van der Waals surface area contributed by atoms with Crippen LogP contribution in [0.5, 0.6) is 0 Å². The maximum absolute atomic E-state index is 4.69. The van der Waals surface area contributed by atoms with E-state index in [2.05, 4.69) is 53.8 Å². The molecule has 1 saturated carbocycles. The summed E-state index contributed by atoms with van der Waals surface area (Å²) < 4.78 is 0. The molecule has 3 heterocycles. The Morgan fingerprint density at radius 3 is 2.70 bits per heavy atom. The lowest BCUT2D eigenvalue weighted by atomic mass is 10.0. The molecule has 0 bridgehead atoms. The molecule has 0 radical (unpaired) electrons. The lowest BCUT2D eigenvalue weighted by molar-refractivity contribution is 1.10. The molecular formula is C23H19N7. The lowest BCUT2D eigenvalue weighted by Gasteiger charge is -2.11. The summed E-state index contributed by atoms with van der Waals surface area (Å²) in [5.74, 6) is 1.30. The number of hydrogen-bond acceptors (Lipinski definition) is 6. The molecule has 7 nitrogen and oxygen atoms in total. The number of nitrogens with one attached hydrogen (secondary N) is 3. The minimum absolute atomic E-state index is 0.486. The molecule has 5 aromatic rings. The van der Waals surface area contributed by atoms with Crippen molar-refractivity contribution in [1.29, 1.82) is 0 Å². The van der Waals surface area contributed by atoms with E-state index < -0.39 is 0 Å². The van der Waals surface area contributed by atoms with Gasteiger partial charge in [0.25, 0.3) is 0 Å². The van der Waals surface area contributed by atoms with Crippen molar-refractivity contribution in [2.24, 2.45) is 0 Å². The van der Waals surface area contributed by atoms with Gasteiger partial charge in [-0.05, 0) is 48.2 Å². The van der Waals surface area contributed by atoms with E-state index in [1.165, 1.54) is 12.8 Å². The minimum atomic E-state index is 0.486. The van der Waals surface area contributed by atoms with Crippen LogP contribution in [0.3, 0.4) is 0 Å². The first kappa shape index (κ1) is 16.9. The Hall–Kier alpha value is -4.00. The number of pyridine rings is 1. The maximum atomic E-state index is 4.69. The molecule has 1 aliphatic carbocycles. The van der Waals surface area contributed by atoms with Crippen molar-refractivity contribution >= 4 is 39.5 Å². The smallest absolute Gasteiger partial charge is 0.231 e. The normalized spacial score (nSPS) is 13.6. The third-order valence-corrected chi connectivity index (χ3v) is 5.29. The summed E-state index contributed by atoms with van der Waals surface area (Å²) in [6.45, 7) is 0. The van der Waals surface area contributed by atoms with Crippen molar-refractivity contribution in [2.75, 3.05) is 10.6 Å². The van der Waals surface area contributed by atoms with E-state index in [1.807, 2.05) is 42.6 Å². The molecule has 1 fully saturated rings. The number of rotatable bonds is 5. The van der Waals surface area contributed by atoms with Gasteiger partial charge in [-0.2, -0.15) is 9.97 Å². The number of fused-ring (bicyclic) bond motifs is 2. The molecular weight excluding hydrogens is 374 g/mol. The standard InChI is InChI=1S/C23H19N7/c1-2-4-14(5-3-1)17-10-11-24-19-9-8-16(12-18(17)19)28-23-29-21-20(25-13-26-21)22(30-23)27-15-6-7-15/h1-5,8-13,15H,6-7H2,(H3,25,26,27,28,29,30). The molecule has 0 atom stereocenters. The summed E-state index contributed by atoms with van der Waals surface area (Å²) in [5.41, 5.74) is 5.63. The van der Waals surface area contributed by atoms with Crippen LogP contribution in [0.2, 0.25) is 0 Å². The van der Waals surface area contributed by atoms with E-state index in [9.17, 15) is 0 Å². The van der Waals surface area contributed by atoms with Crippen LogP contribution in [-0.4, -0.2) is 31.0 Å². The predicted octanol–water partition coefficient (Wildman–Crippen LogP) is 4.89. The third kappa shape index (κ3) is 3.10. The van der Waals surface area contributed by atoms with Crippen LogP contribution < -0.4 is 10.6 Å². The van der Waals surface area contributed by atoms with Gasteiger partial charge < -0.3 is 15.6 Å². The van der Waals surface area contributed by atoms with Crippen LogP contribution in [0.25, 0.3) is 33.2 Å². The summed E-state index contributed by atoms with van der Waals surface area (Å²) >= 11 is 0. The highest BCUT2D eigenvalue weighted by Crippen LogP contribution is 2.31. The van der Waals surface area contributed by atoms with Crippen molar-refractivity contribution < 1.29 is 0 Å². The SMILES string of the molecule is c1ccc(-c2ccnc3ccc(Nc4nc(NC5CC5)c5[nH]cnc5n4)cc23)cc1. The van der Waals surface area contributed by atoms with E-state index in [1.54, 1.807) is 6.33 Å². The summed E-state index contributed by atoms with van der Waals surface area (Å²) in [7, 11) is 0. The van der Waals surface area contributed by atoms with E-state index in [4.69, 9.17) is 0 Å². The maximum Gasteiger partial charge on any atom is 0.231 e. The van der Waals surface area contributed by atoms with Gasteiger partial charge >= 0.3 is 0 Å². The first-order valence-corrected chi connectivity index (χ1v) is 10.0. The Balaban J connectivity index is 1.40. The van der Waals surface area contributed by atoms with Gasteiger partial charge in [0.05, 0.1) is 11.8 Å². The number of anilines is 3. The monoisotopic (exact) mass is 393 g/mol. The first-order valence-electron chi connectivity index (χ1n) is 10.0.